The molecular formula is C27H27N5O3S. The van der Waals surface area contributed by atoms with Crippen LogP contribution in [0.25, 0.3) is 10.9 Å². The monoisotopic (exact) mass is 501 g/mol. The lowest BCUT2D eigenvalue weighted by atomic mass is 9.89. The first-order valence-corrected chi connectivity index (χ1v) is 13.9. The van der Waals surface area contributed by atoms with Gasteiger partial charge in [0.25, 0.3) is 5.91 Å². The molecule has 2 atom stereocenters. The van der Waals surface area contributed by atoms with Crippen molar-refractivity contribution in [2.24, 2.45) is 4.36 Å². The van der Waals surface area contributed by atoms with Crippen molar-refractivity contribution in [2.75, 3.05) is 19.1 Å². The van der Waals surface area contributed by atoms with Crippen molar-refractivity contribution < 1.29 is 13.7 Å². The summed E-state index contributed by atoms with van der Waals surface area (Å²) in [7, 11) is -2.58. The average Bonchev–Trinajstić information content (AvgIpc) is 3.37. The average molecular weight is 502 g/mol. The van der Waals surface area contributed by atoms with Crippen molar-refractivity contribution in [1.82, 2.24) is 20.8 Å². The summed E-state index contributed by atoms with van der Waals surface area (Å²) >= 11 is 0. The number of pyridine rings is 2. The van der Waals surface area contributed by atoms with Gasteiger partial charge in [-0.2, -0.15) is 4.36 Å². The molecule has 1 aliphatic heterocycles. The summed E-state index contributed by atoms with van der Waals surface area (Å²) in [6, 6.07) is 21.2. The Bertz CT molecular complexity index is 1510. The van der Waals surface area contributed by atoms with Crippen LogP contribution in [0.1, 0.15) is 39.1 Å². The van der Waals surface area contributed by atoms with Crippen molar-refractivity contribution in [1.29, 1.82) is 0 Å². The highest BCUT2D eigenvalue weighted by Crippen LogP contribution is 2.33. The van der Waals surface area contributed by atoms with Crippen LogP contribution in [0.15, 0.2) is 83.5 Å². The standard InChI is InChI=1S/C27H27N5O3S/c1-36(2,34)32-27(33)23-15-20(30-25-6-4-3-5-22(23)25)17-35-21-9-7-19(8-10-21)26-24(16-29-31-26)18-11-13-28-14-12-18/h3-15,24,26,29,31H,16-17H2,1-2H3. The molecule has 1 saturated heterocycles. The van der Waals surface area contributed by atoms with Crippen LogP contribution in [0.5, 0.6) is 5.75 Å². The van der Waals surface area contributed by atoms with E-state index >= 15 is 0 Å². The number of para-hydroxylation sites is 1. The van der Waals surface area contributed by atoms with Gasteiger partial charge in [-0.05, 0) is 47.5 Å². The molecule has 2 unspecified atom stereocenters. The van der Waals surface area contributed by atoms with E-state index in [1.165, 1.54) is 18.1 Å². The summed E-state index contributed by atoms with van der Waals surface area (Å²) in [6.07, 6.45) is 6.52. The van der Waals surface area contributed by atoms with E-state index in [9.17, 15) is 9.00 Å². The van der Waals surface area contributed by atoms with E-state index in [4.69, 9.17) is 4.74 Å². The molecular weight excluding hydrogens is 474 g/mol. The lowest BCUT2D eigenvalue weighted by molar-refractivity contribution is 0.101. The molecule has 1 aliphatic rings. The fraction of sp³-hybridized carbons (Fsp3) is 0.222. The SMILES string of the molecule is CS(C)(=O)=NC(=O)c1cc(COc2ccc(C3NNCC3c3ccncc3)cc2)nc2ccccc12. The van der Waals surface area contributed by atoms with Crippen LogP contribution in [0.4, 0.5) is 0 Å². The first kappa shape index (κ1) is 24.1. The molecule has 184 valence electrons. The molecule has 4 aromatic rings. The van der Waals surface area contributed by atoms with E-state index < -0.39 is 15.6 Å². The Hall–Kier alpha value is -3.66. The Morgan fingerprint density at radius 3 is 2.56 bits per heavy atom. The largest absolute Gasteiger partial charge is 0.487 e. The number of carbonyl (C=O) groups is 1. The Labute approximate surface area is 210 Å². The second kappa shape index (κ2) is 10.1. The van der Waals surface area contributed by atoms with Gasteiger partial charge < -0.3 is 4.74 Å². The van der Waals surface area contributed by atoms with Crippen LogP contribution in [0, 0.1) is 0 Å². The van der Waals surface area contributed by atoms with Crippen LogP contribution in [0.3, 0.4) is 0 Å². The summed E-state index contributed by atoms with van der Waals surface area (Å²) < 4.78 is 22.0. The Balaban J connectivity index is 1.34. The van der Waals surface area contributed by atoms with Gasteiger partial charge in [-0.15, -0.1) is 0 Å². The number of rotatable bonds is 6. The number of ether oxygens (including phenoxy) is 1. The third-order valence-electron chi connectivity index (χ3n) is 6.04. The Morgan fingerprint density at radius 1 is 1.06 bits per heavy atom. The minimum Gasteiger partial charge on any atom is -0.487 e. The molecule has 2 N–H and O–H groups in total. The van der Waals surface area contributed by atoms with Gasteiger partial charge in [0, 0.05) is 52.5 Å². The number of carbonyl (C=O) groups excluding carboxylic acids is 1. The van der Waals surface area contributed by atoms with E-state index in [-0.39, 0.29) is 12.6 Å². The van der Waals surface area contributed by atoms with Crippen molar-refractivity contribution >= 4 is 26.5 Å². The zero-order chi connectivity index (χ0) is 25.1. The number of fused-ring (bicyclic) bond motifs is 1. The number of hydrogen-bond acceptors (Lipinski definition) is 7. The maximum absolute atomic E-state index is 12.8. The minimum atomic E-state index is -2.58. The van der Waals surface area contributed by atoms with Gasteiger partial charge in [0.15, 0.2) is 0 Å². The normalized spacial score (nSPS) is 17.7. The molecule has 5 rings (SSSR count). The van der Waals surface area contributed by atoms with Gasteiger partial charge in [-0.3, -0.25) is 15.2 Å². The molecule has 0 saturated carbocycles. The molecule has 0 aliphatic carbocycles. The lowest BCUT2D eigenvalue weighted by Crippen LogP contribution is -2.24. The van der Waals surface area contributed by atoms with Crippen LogP contribution >= 0.6 is 0 Å². The Morgan fingerprint density at radius 2 is 1.81 bits per heavy atom. The predicted octanol–water partition coefficient (Wildman–Crippen LogP) is 4.01. The molecule has 2 aromatic heterocycles. The fourth-order valence-electron chi connectivity index (χ4n) is 4.39. The second-order valence-electron chi connectivity index (χ2n) is 9.00. The number of hydrazine groups is 1. The lowest BCUT2D eigenvalue weighted by Gasteiger charge is -2.19. The van der Waals surface area contributed by atoms with Gasteiger partial charge in [-0.1, -0.05) is 30.3 Å². The third kappa shape index (κ3) is 5.43. The van der Waals surface area contributed by atoms with E-state index in [2.05, 4.69) is 37.3 Å². The van der Waals surface area contributed by atoms with E-state index in [1.807, 2.05) is 60.9 Å². The number of hydrogen-bond donors (Lipinski definition) is 2. The number of nitrogens with zero attached hydrogens (tertiary/aromatic N) is 3. The predicted molar refractivity (Wildman–Crippen MR) is 140 cm³/mol. The number of benzene rings is 2. The van der Waals surface area contributed by atoms with Crippen molar-refractivity contribution in [3.8, 4) is 5.75 Å². The number of nitrogens with one attached hydrogen (secondary N) is 2. The maximum Gasteiger partial charge on any atom is 0.285 e. The molecule has 0 radical (unpaired) electrons. The highest BCUT2D eigenvalue weighted by Gasteiger charge is 2.29. The molecule has 0 bridgehead atoms. The zero-order valence-electron chi connectivity index (χ0n) is 20.0. The molecule has 8 nitrogen and oxygen atoms in total. The van der Waals surface area contributed by atoms with E-state index in [1.54, 1.807) is 6.07 Å². The van der Waals surface area contributed by atoms with Crippen molar-refractivity contribution in [2.45, 2.75) is 18.6 Å². The number of amides is 1. The molecule has 9 heteroatoms. The molecule has 1 fully saturated rings. The zero-order valence-corrected chi connectivity index (χ0v) is 20.9. The van der Waals surface area contributed by atoms with Crippen molar-refractivity contribution in [3.05, 3.63) is 102 Å². The molecule has 0 spiro atoms. The molecule has 36 heavy (non-hydrogen) atoms. The maximum atomic E-state index is 12.8. The van der Waals surface area contributed by atoms with Gasteiger partial charge in [0.2, 0.25) is 0 Å². The van der Waals surface area contributed by atoms with Gasteiger partial charge in [0.1, 0.15) is 12.4 Å². The highest BCUT2D eigenvalue weighted by molar-refractivity contribution is 7.92. The van der Waals surface area contributed by atoms with Crippen LogP contribution in [-0.2, 0) is 16.3 Å². The smallest absolute Gasteiger partial charge is 0.285 e. The molecule has 3 heterocycles. The second-order valence-corrected chi connectivity index (χ2v) is 11.5. The van der Waals surface area contributed by atoms with Crippen molar-refractivity contribution in [3.63, 3.8) is 0 Å². The Kier molecular flexibility index (Phi) is 6.77. The minimum absolute atomic E-state index is 0.133. The van der Waals surface area contributed by atoms with Gasteiger partial charge >= 0.3 is 0 Å². The van der Waals surface area contributed by atoms with Crippen LogP contribution < -0.4 is 15.6 Å². The first-order valence-electron chi connectivity index (χ1n) is 11.6. The highest BCUT2D eigenvalue weighted by atomic mass is 32.2. The first-order chi connectivity index (χ1) is 17.4. The topological polar surface area (TPSA) is 106 Å². The summed E-state index contributed by atoms with van der Waals surface area (Å²) in [5.41, 5.74) is 10.6. The van der Waals surface area contributed by atoms with E-state index in [0.717, 1.165) is 12.1 Å². The van der Waals surface area contributed by atoms with Gasteiger partial charge in [0.05, 0.1) is 22.8 Å². The summed E-state index contributed by atoms with van der Waals surface area (Å²) in [5.74, 6) is 0.474. The fourth-order valence-corrected chi connectivity index (χ4v) is 4.89. The third-order valence-corrected chi connectivity index (χ3v) is 6.65. The van der Waals surface area contributed by atoms with Crippen LogP contribution in [-0.4, -0.2) is 39.1 Å². The summed E-state index contributed by atoms with van der Waals surface area (Å²) in [6.45, 7) is 1.01. The van der Waals surface area contributed by atoms with E-state index in [0.29, 0.717) is 33.8 Å². The summed E-state index contributed by atoms with van der Waals surface area (Å²) in [5, 5.41) is 0.671. The van der Waals surface area contributed by atoms with Gasteiger partial charge in [-0.25, -0.2) is 14.6 Å². The molecule has 1 amide bonds. The number of aromatic nitrogens is 2. The summed E-state index contributed by atoms with van der Waals surface area (Å²) in [4.78, 5) is 21.5. The molecule has 2 aromatic carbocycles. The van der Waals surface area contributed by atoms with Crippen LogP contribution in [0.2, 0.25) is 0 Å². The quantitative estimate of drug-likeness (QED) is 0.411.